The zero-order valence-corrected chi connectivity index (χ0v) is 15.3. The standard InChI is InChI=1S/C21H18N2O5/c1-14-22-21(23-28-14)13-27-17-6-2-15(3-7-17)4-8-18(24)16-5-9-19-20(12-16)26-11-10-25-19/h2-9,12H,10-11,13H2,1H3. The van der Waals surface area contributed by atoms with Crippen molar-refractivity contribution in [1.82, 2.24) is 10.1 Å². The van der Waals surface area contributed by atoms with E-state index in [1.54, 1.807) is 31.2 Å². The third-order valence-corrected chi connectivity index (χ3v) is 4.07. The normalized spacial score (nSPS) is 12.9. The number of aryl methyl sites for hydroxylation is 1. The van der Waals surface area contributed by atoms with E-state index in [-0.39, 0.29) is 12.4 Å². The minimum Gasteiger partial charge on any atom is -0.486 e. The number of carbonyl (C=O) groups is 1. The number of nitrogens with zero attached hydrogens (tertiary/aromatic N) is 2. The number of benzene rings is 2. The summed E-state index contributed by atoms with van der Waals surface area (Å²) in [5, 5.41) is 3.78. The highest BCUT2D eigenvalue weighted by Gasteiger charge is 2.13. The van der Waals surface area contributed by atoms with Crippen LogP contribution in [0, 0.1) is 6.92 Å². The SMILES string of the molecule is Cc1nc(COc2ccc(C=CC(=O)c3ccc4c(c3)OCCO4)cc2)no1. The van der Waals surface area contributed by atoms with Gasteiger partial charge in [-0.1, -0.05) is 23.4 Å². The van der Waals surface area contributed by atoms with Crippen molar-refractivity contribution in [2.75, 3.05) is 13.2 Å². The molecule has 28 heavy (non-hydrogen) atoms. The van der Waals surface area contributed by atoms with Crippen LogP contribution in [0.1, 0.15) is 27.6 Å². The van der Waals surface area contributed by atoms with Gasteiger partial charge in [-0.15, -0.1) is 0 Å². The van der Waals surface area contributed by atoms with Crippen molar-refractivity contribution in [3.63, 3.8) is 0 Å². The molecule has 1 aliphatic heterocycles. The second kappa shape index (κ2) is 7.96. The average molecular weight is 378 g/mol. The lowest BCUT2D eigenvalue weighted by atomic mass is 10.1. The molecule has 0 bridgehead atoms. The minimum absolute atomic E-state index is 0.107. The number of hydrogen-bond donors (Lipinski definition) is 0. The number of ketones is 1. The summed E-state index contributed by atoms with van der Waals surface area (Å²) in [6.45, 7) is 2.97. The van der Waals surface area contributed by atoms with Gasteiger partial charge in [-0.3, -0.25) is 4.79 Å². The largest absolute Gasteiger partial charge is 0.486 e. The van der Waals surface area contributed by atoms with Gasteiger partial charge in [0, 0.05) is 12.5 Å². The van der Waals surface area contributed by atoms with Gasteiger partial charge in [0.2, 0.25) is 11.7 Å². The lowest BCUT2D eigenvalue weighted by Crippen LogP contribution is -2.15. The minimum atomic E-state index is -0.107. The number of allylic oxidation sites excluding steroid dienone is 1. The molecule has 7 heteroatoms. The van der Waals surface area contributed by atoms with Gasteiger partial charge in [0.25, 0.3) is 0 Å². The Morgan fingerprint density at radius 2 is 1.89 bits per heavy atom. The number of aromatic nitrogens is 2. The van der Waals surface area contributed by atoms with E-state index in [1.165, 1.54) is 6.08 Å². The van der Waals surface area contributed by atoms with E-state index >= 15 is 0 Å². The third-order valence-electron chi connectivity index (χ3n) is 4.07. The van der Waals surface area contributed by atoms with Crippen LogP contribution in [-0.4, -0.2) is 29.1 Å². The molecule has 0 amide bonds. The summed E-state index contributed by atoms with van der Waals surface area (Å²) >= 11 is 0. The summed E-state index contributed by atoms with van der Waals surface area (Å²) in [5.74, 6) is 2.83. The fourth-order valence-electron chi connectivity index (χ4n) is 2.69. The highest BCUT2D eigenvalue weighted by molar-refractivity contribution is 6.07. The maximum Gasteiger partial charge on any atom is 0.223 e. The molecule has 0 fully saturated rings. The first-order chi connectivity index (χ1) is 13.7. The van der Waals surface area contributed by atoms with Gasteiger partial charge in [-0.2, -0.15) is 4.98 Å². The zero-order chi connectivity index (χ0) is 19.3. The number of hydrogen-bond acceptors (Lipinski definition) is 7. The Morgan fingerprint density at radius 1 is 1.11 bits per heavy atom. The topological polar surface area (TPSA) is 83.7 Å². The van der Waals surface area contributed by atoms with Crippen molar-refractivity contribution in [3.8, 4) is 17.2 Å². The Kier molecular flexibility index (Phi) is 5.05. The second-order valence-corrected chi connectivity index (χ2v) is 6.14. The number of ether oxygens (including phenoxy) is 3. The van der Waals surface area contributed by atoms with E-state index in [9.17, 15) is 4.79 Å². The number of carbonyl (C=O) groups excluding carboxylic acids is 1. The van der Waals surface area contributed by atoms with Gasteiger partial charge in [-0.05, 0) is 42.0 Å². The Labute approximate surface area is 161 Å². The van der Waals surface area contributed by atoms with E-state index in [0.717, 1.165) is 5.56 Å². The molecule has 7 nitrogen and oxygen atoms in total. The molecule has 0 atom stereocenters. The van der Waals surface area contributed by atoms with Crippen LogP contribution in [0.3, 0.4) is 0 Å². The van der Waals surface area contributed by atoms with Crippen molar-refractivity contribution in [3.05, 3.63) is 71.4 Å². The zero-order valence-electron chi connectivity index (χ0n) is 15.3. The van der Waals surface area contributed by atoms with Crippen LogP contribution in [0.25, 0.3) is 6.08 Å². The number of fused-ring (bicyclic) bond motifs is 1. The van der Waals surface area contributed by atoms with E-state index in [2.05, 4.69) is 10.1 Å². The summed E-state index contributed by atoms with van der Waals surface area (Å²) < 4.78 is 21.5. The van der Waals surface area contributed by atoms with Crippen LogP contribution in [0.5, 0.6) is 17.2 Å². The first-order valence-electron chi connectivity index (χ1n) is 8.81. The highest BCUT2D eigenvalue weighted by Crippen LogP contribution is 2.31. The molecule has 0 saturated carbocycles. The van der Waals surface area contributed by atoms with E-state index in [0.29, 0.717) is 47.7 Å². The van der Waals surface area contributed by atoms with Gasteiger partial charge >= 0.3 is 0 Å². The molecular formula is C21H18N2O5. The predicted molar refractivity (Wildman–Crippen MR) is 101 cm³/mol. The Balaban J connectivity index is 1.37. The summed E-state index contributed by atoms with van der Waals surface area (Å²) in [6.07, 6.45) is 3.29. The monoisotopic (exact) mass is 378 g/mol. The molecule has 0 radical (unpaired) electrons. The molecule has 0 saturated heterocycles. The maximum absolute atomic E-state index is 12.4. The van der Waals surface area contributed by atoms with E-state index in [4.69, 9.17) is 18.7 Å². The predicted octanol–water partition coefficient (Wildman–Crippen LogP) is 3.62. The van der Waals surface area contributed by atoms with E-state index in [1.807, 2.05) is 24.3 Å². The van der Waals surface area contributed by atoms with Crippen LogP contribution in [0.15, 0.2) is 53.1 Å². The molecular weight excluding hydrogens is 360 g/mol. The fraction of sp³-hybridized carbons (Fsp3) is 0.190. The molecule has 0 N–H and O–H groups in total. The summed E-state index contributed by atoms with van der Waals surface area (Å²) in [7, 11) is 0. The molecule has 4 rings (SSSR count). The third kappa shape index (κ3) is 4.20. The van der Waals surface area contributed by atoms with Gasteiger partial charge < -0.3 is 18.7 Å². The summed E-state index contributed by atoms with van der Waals surface area (Å²) in [4.78, 5) is 16.5. The molecule has 0 spiro atoms. The number of rotatable bonds is 6. The van der Waals surface area contributed by atoms with Gasteiger partial charge in [0.15, 0.2) is 23.9 Å². The van der Waals surface area contributed by atoms with Crippen molar-refractivity contribution in [1.29, 1.82) is 0 Å². The molecule has 2 heterocycles. The fourth-order valence-corrected chi connectivity index (χ4v) is 2.69. The quantitative estimate of drug-likeness (QED) is 0.478. The van der Waals surface area contributed by atoms with Crippen molar-refractivity contribution >= 4 is 11.9 Å². The Morgan fingerprint density at radius 3 is 2.64 bits per heavy atom. The molecule has 2 aromatic carbocycles. The Bertz CT molecular complexity index is 1010. The molecule has 0 aliphatic carbocycles. The van der Waals surface area contributed by atoms with Crippen molar-refractivity contribution in [2.24, 2.45) is 0 Å². The molecule has 0 unspecified atom stereocenters. The molecule has 1 aromatic heterocycles. The molecule has 1 aliphatic rings. The highest BCUT2D eigenvalue weighted by atomic mass is 16.6. The van der Waals surface area contributed by atoms with Crippen LogP contribution >= 0.6 is 0 Å². The molecule has 3 aromatic rings. The van der Waals surface area contributed by atoms with Gasteiger partial charge in [0.1, 0.15) is 19.0 Å². The Hall–Kier alpha value is -3.61. The van der Waals surface area contributed by atoms with Crippen LogP contribution in [0.2, 0.25) is 0 Å². The van der Waals surface area contributed by atoms with Gasteiger partial charge in [-0.25, -0.2) is 0 Å². The lowest BCUT2D eigenvalue weighted by molar-refractivity contribution is 0.104. The van der Waals surface area contributed by atoms with Crippen LogP contribution in [0.4, 0.5) is 0 Å². The van der Waals surface area contributed by atoms with Crippen LogP contribution in [-0.2, 0) is 6.61 Å². The first-order valence-corrected chi connectivity index (χ1v) is 8.81. The summed E-state index contributed by atoms with van der Waals surface area (Å²) in [5.41, 5.74) is 1.43. The van der Waals surface area contributed by atoms with Crippen molar-refractivity contribution in [2.45, 2.75) is 13.5 Å². The molecule has 142 valence electrons. The van der Waals surface area contributed by atoms with Crippen molar-refractivity contribution < 1.29 is 23.5 Å². The van der Waals surface area contributed by atoms with E-state index < -0.39 is 0 Å². The average Bonchev–Trinajstić information content (AvgIpc) is 3.16. The second-order valence-electron chi connectivity index (χ2n) is 6.14. The lowest BCUT2D eigenvalue weighted by Gasteiger charge is -2.18. The first kappa shape index (κ1) is 17.8. The van der Waals surface area contributed by atoms with Crippen LogP contribution < -0.4 is 14.2 Å². The summed E-state index contributed by atoms with van der Waals surface area (Å²) in [6, 6.07) is 12.6. The van der Waals surface area contributed by atoms with Gasteiger partial charge in [0.05, 0.1) is 0 Å². The smallest absolute Gasteiger partial charge is 0.223 e. The maximum atomic E-state index is 12.4.